The molecular weight excluding hydrogens is 240 g/mol. The van der Waals surface area contributed by atoms with Gasteiger partial charge in [-0.15, -0.1) is 0 Å². The van der Waals surface area contributed by atoms with Gasteiger partial charge in [0.05, 0.1) is 5.56 Å². The quantitative estimate of drug-likeness (QED) is 0.741. The zero-order chi connectivity index (χ0) is 13.8. The molecule has 0 amide bonds. The van der Waals surface area contributed by atoms with Gasteiger partial charge >= 0.3 is 5.97 Å². The van der Waals surface area contributed by atoms with Crippen molar-refractivity contribution in [2.45, 2.75) is 32.7 Å². The Hall–Kier alpha value is -1.55. The molecular formula is C15H22N2O2. The average molecular weight is 262 g/mol. The van der Waals surface area contributed by atoms with Gasteiger partial charge in [0.1, 0.15) is 0 Å². The zero-order valence-electron chi connectivity index (χ0n) is 11.4. The van der Waals surface area contributed by atoms with E-state index in [4.69, 9.17) is 5.73 Å². The molecule has 0 atom stereocenters. The third kappa shape index (κ3) is 3.70. The zero-order valence-corrected chi connectivity index (χ0v) is 11.4. The van der Waals surface area contributed by atoms with E-state index in [-0.39, 0.29) is 5.56 Å². The van der Waals surface area contributed by atoms with Crippen LogP contribution >= 0.6 is 0 Å². The minimum absolute atomic E-state index is 0.263. The molecule has 0 aliphatic heterocycles. The Kier molecular flexibility index (Phi) is 4.43. The van der Waals surface area contributed by atoms with Crippen LogP contribution in [-0.2, 0) is 6.54 Å². The van der Waals surface area contributed by atoms with Crippen molar-refractivity contribution in [3.05, 3.63) is 29.3 Å². The summed E-state index contributed by atoms with van der Waals surface area (Å²) in [5.74, 6) is -0.128. The molecule has 1 fully saturated rings. The van der Waals surface area contributed by atoms with Crippen LogP contribution in [-0.4, -0.2) is 29.1 Å². The summed E-state index contributed by atoms with van der Waals surface area (Å²) in [6.07, 6.45) is 3.70. The predicted molar refractivity (Wildman–Crippen MR) is 76.1 cm³/mol. The summed E-state index contributed by atoms with van der Waals surface area (Å²) in [6.45, 7) is 4.90. The number of benzene rings is 1. The molecule has 19 heavy (non-hydrogen) atoms. The van der Waals surface area contributed by atoms with Gasteiger partial charge < -0.3 is 10.8 Å². The second-order valence-corrected chi connectivity index (χ2v) is 5.37. The number of nitrogens with two attached hydrogens (primary N) is 1. The predicted octanol–water partition coefficient (Wildman–Crippen LogP) is 2.59. The fraction of sp³-hybridized carbons (Fsp3) is 0.533. The number of anilines is 1. The maximum Gasteiger partial charge on any atom is 0.338 e. The molecule has 2 rings (SSSR count). The van der Waals surface area contributed by atoms with E-state index in [1.165, 1.54) is 12.8 Å². The van der Waals surface area contributed by atoms with Crippen LogP contribution < -0.4 is 5.73 Å². The number of carbonyl (C=O) groups is 1. The van der Waals surface area contributed by atoms with Crippen LogP contribution in [0.3, 0.4) is 0 Å². The second kappa shape index (κ2) is 6.06. The van der Waals surface area contributed by atoms with Crippen LogP contribution in [0.15, 0.2) is 18.2 Å². The first-order chi connectivity index (χ1) is 9.11. The van der Waals surface area contributed by atoms with E-state index in [0.29, 0.717) is 12.2 Å². The summed E-state index contributed by atoms with van der Waals surface area (Å²) in [7, 11) is 0. The van der Waals surface area contributed by atoms with Gasteiger partial charge in [0.15, 0.2) is 0 Å². The maximum atomic E-state index is 11.3. The topological polar surface area (TPSA) is 66.6 Å². The summed E-state index contributed by atoms with van der Waals surface area (Å²) in [5.41, 5.74) is 7.22. The van der Waals surface area contributed by atoms with Gasteiger partial charge in [-0.25, -0.2) is 4.79 Å². The molecule has 4 heteroatoms. The summed E-state index contributed by atoms with van der Waals surface area (Å²) in [5, 5.41) is 9.28. The number of aromatic carboxylic acids is 1. The highest BCUT2D eigenvalue weighted by atomic mass is 16.4. The van der Waals surface area contributed by atoms with Crippen molar-refractivity contribution < 1.29 is 9.90 Å². The smallest absolute Gasteiger partial charge is 0.338 e. The molecule has 4 nitrogen and oxygen atoms in total. The first-order valence-electron chi connectivity index (χ1n) is 6.94. The Bertz CT molecular complexity index is 455. The normalized spacial score (nSPS) is 14.8. The number of hydrogen-bond acceptors (Lipinski definition) is 3. The molecule has 0 spiro atoms. The van der Waals surface area contributed by atoms with E-state index >= 15 is 0 Å². The summed E-state index contributed by atoms with van der Waals surface area (Å²) in [4.78, 5) is 13.7. The van der Waals surface area contributed by atoms with Crippen LogP contribution in [0.2, 0.25) is 0 Å². The number of hydrogen-bond donors (Lipinski definition) is 2. The minimum atomic E-state index is -0.934. The van der Waals surface area contributed by atoms with Gasteiger partial charge in [-0.1, -0.05) is 19.1 Å². The molecule has 3 N–H and O–H groups in total. The van der Waals surface area contributed by atoms with E-state index in [1.54, 1.807) is 6.07 Å². The van der Waals surface area contributed by atoms with Crippen molar-refractivity contribution in [1.82, 2.24) is 4.90 Å². The molecule has 1 aliphatic rings. The molecule has 1 saturated carbocycles. The molecule has 0 bridgehead atoms. The molecule has 1 aromatic rings. The van der Waals surface area contributed by atoms with E-state index in [0.717, 1.165) is 31.0 Å². The molecule has 0 aromatic heterocycles. The average Bonchev–Trinajstić information content (AvgIpc) is 3.12. The summed E-state index contributed by atoms with van der Waals surface area (Å²) < 4.78 is 0. The first kappa shape index (κ1) is 13.9. The van der Waals surface area contributed by atoms with Crippen molar-refractivity contribution in [2.75, 3.05) is 18.8 Å². The molecule has 0 saturated heterocycles. The number of nitrogens with zero attached hydrogens (tertiary/aromatic N) is 1. The van der Waals surface area contributed by atoms with Gasteiger partial charge in [0.2, 0.25) is 0 Å². The monoisotopic (exact) mass is 262 g/mol. The van der Waals surface area contributed by atoms with Gasteiger partial charge in [-0.3, -0.25) is 4.90 Å². The lowest BCUT2D eigenvalue weighted by Crippen LogP contribution is -2.27. The fourth-order valence-corrected chi connectivity index (χ4v) is 2.47. The van der Waals surface area contributed by atoms with Gasteiger partial charge in [-0.05, 0) is 43.4 Å². The third-order valence-electron chi connectivity index (χ3n) is 3.54. The van der Waals surface area contributed by atoms with Crippen molar-refractivity contribution in [2.24, 2.45) is 5.92 Å². The Morgan fingerprint density at radius 1 is 1.47 bits per heavy atom. The lowest BCUT2D eigenvalue weighted by atomic mass is 10.0. The number of nitrogen functional groups attached to an aromatic ring is 1. The van der Waals surface area contributed by atoms with Crippen molar-refractivity contribution in [3.63, 3.8) is 0 Å². The molecule has 0 radical (unpaired) electrons. The largest absolute Gasteiger partial charge is 0.478 e. The first-order valence-corrected chi connectivity index (χ1v) is 6.94. The maximum absolute atomic E-state index is 11.3. The Balaban J connectivity index is 2.15. The molecule has 0 unspecified atom stereocenters. The lowest BCUT2D eigenvalue weighted by Gasteiger charge is -2.22. The number of carboxylic acid groups (broad SMARTS) is 1. The highest BCUT2D eigenvalue weighted by Gasteiger charge is 2.25. The lowest BCUT2D eigenvalue weighted by molar-refractivity contribution is 0.0695. The Morgan fingerprint density at radius 3 is 2.79 bits per heavy atom. The number of carboxylic acids is 1. The van der Waals surface area contributed by atoms with E-state index in [9.17, 15) is 9.90 Å². The minimum Gasteiger partial charge on any atom is -0.478 e. The van der Waals surface area contributed by atoms with Crippen molar-refractivity contribution in [1.29, 1.82) is 0 Å². The SMILES string of the molecule is CCCN(Cc1cccc(N)c1C(=O)O)CC1CC1. The highest BCUT2D eigenvalue weighted by Crippen LogP contribution is 2.30. The Morgan fingerprint density at radius 2 is 2.21 bits per heavy atom. The van der Waals surface area contributed by atoms with Crippen LogP contribution in [0, 0.1) is 5.92 Å². The standard InChI is InChI=1S/C15H22N2O2/c1-2-8-17(9-11-6-7-11)10-12-4-3-5-13(16)14(12)15(18)19/h3-5,11H,2,6-10,16H2,1H3,(H,18,19). The van der Waals surface area contributed by atoms with E-state index in [2.05, 4.69) is 11.8 Å². The Labute approximate surface area is 114 Å². The highest BCUT2D eigenvalue weighted by molar-refractivity contribution is 5.95. The van der Waals surface area contributed by atoms with E-state index < -0.39 is 5.97 Å². The summed E-state index contributed by atoms with van der Waals surface area (Å²) >= 11 is 0. The fourth-order valence-electron chi connectivity index (χ4n) is 2.47. The van der Waals surface area contributed by atoms with Crippen LogP contribution in [0.25, 0.3) is 0 Å². The summed E-state index contributed by atoms with van der Waals surface area (Å²) in [6, 6.07) is 5.35. The van der Waals surface area contributed by atoms with E-state index in [1.807, 2.05) is 12.1 Å². The molecule has 0 heterocycles. The van der Waals surface area contributed by atoms with Crippen LogP contribution in [0.5, 0.6) is 0 Å². The molecule has 1 aliphatic carbocycles. The number of rotatable bonds is 7. The van der Waals surface area contributed by atoms with Crippen molar-refractivity contribution >= 4 is 11.7 Å². The van der Waals surface area contributed by atoms with Gasteiger partial charge in [0.25, 0.3) is 0 Å². The van der Waals surface area contributed by atoms with Crippen molar-refractivity contribution in [3.8, 4) is 0 Å². The van der Waals surface area contributed by atoms with Crippen LogP contribution in [0.4, 0.5) is 5.69 Å². The van der Waals surface area contributed by atoms with Gasteiger partial charge in [-0.2, -0.15) is 0 Å². The molecule has 104 valence electrons. The third-order valence-corrected chi connectivity index (χ3v) is 3.54. The molecule has 1 aromatic carbocycles. The van der Waals surface area contributed by atoms with Crippen LogP contribution in [0.1, 0.15) is 42.1 Å². The van der Waals surface area contributed by atoms with Gasteiger partial charge in [0, 0.05) is 18.8 Å². The second-order valence-electron chi connectivity index (χ2n) is 5.37.